The van der Waals surface area contributed by atoms with Crippen LogP contribution in [-0.2, 0) is 9.47 Å². The van der Waals surface area contributed by atoms with Crippen LogP contribution in [0.1, 0.15) is 52.9 Å². The first-order valence-electron chi connectivity index (χ1n) is 7.86. The van der Waals surface area contributed by atoms with Gasteiger partial charge in [0, 0.05) is 19.8 Å². The van der Waals surface area contributed by atoms with Crippen molar-refractivity contribution in [2.45, 2.75) is 59.0 Å². The molecule has 2 heterocycles. The Labute approximate surface area is 112 Å². The zero-order valence-corrected chi connectivity index (χ0v) is 12.4. The van der Waals surface area contributed by atoms with Crippen molar-refractivity contribution in [2.75, 3.05) is 19.8 Å². The number of ether oxygens (including phenoxy) is 2. The maximum Gasteiger partial charge on any atom is 0.0600 e. The van der Waals surface area contributed by atoms with Crippen LogP contribution >= 0.6 is 0 Å². The van der Waals surface area contributed by atoms with Gasteiger partial charge in [0.25, 0.3) is 0 Å². The van der Waals surface area contributed by atoms with Crippen molar-refractivity contribution in [3.8, 4) is 0 Å². The second-order valence-electron chi connectivity index (χ2n) is 6.73. The van der Waals surface area contributed by atoms with Gasteiger partial charge in [-0.2, -0.15) is 0 Å². The van der Waals surface area contributed by atoms with Crippen molar-refractivity contribution < 1.29 is 9.47 Å². The van der Waals surface area contributed by atoms with E-state index in [1.54, 1.807) is 0 Å². The highest BCUT2D eigenvalue weighted by atomic mass is 16.5. The van der Waals surface area contributed by atoms with Crippen molar-refractivity contribution in [3.63, 3.8) is 0 Å². The van der Waals surface area contributed by atoms with Gasteiger partial charge in [0.15, 0.2) is 0 Å². The molecule has 0 bridgehead atoms. The zero-order chi connectivity index (χ0) is 13.0. The Kier molecular flexibility index (Phi) is 5.50. The highest BCUT2D eigenvalue weighted by Gasteiger charge is 2.28. The van der Waals surface area contributed by atoms with Gasteiger partial charge in [0.2, 0.25) is 0 Å². The van der Waals surface area contributed by atoms with E-state index in [4.69, 9.17) is 9.47 Å². The summed E-state index contributed by atoms with van der Waals surface area (Å²) >= 11 is 0. The molecule has 2 saturated heterocycles. The molecule has 2 fully saturated rings. The van der Waals surface area contributed by atoms with E-state index < -0.39 is 0 Å². The first-order valence-corrected chi connectivity index (χ1v) is 7.86. The highest BCUT2D eigenvalue weighted by Crippen LogP contribution is 2.33. The van der Waals surface area contributed by atoms with Crippen LogP contribution in [0.5, 0.6) is 0 Å². The monoisotopic (exact) mass is 254 g/mol. The lowest BCUT2D eigenvalue weighted by Crippen LogP contribution is -2.32. The minimum Gasteiger partial charge on any atom is -0.381 e. The summed E-state index contributed by atoms with van der Waals surface area (Å²) in [7, 11) is 0. The lowest BCUT2D eigenvalue weighted by Gasteiger charge is -2.35. The molecule has 0 aromatic rings. The summed E-state index contributed by atoms with van der Waals surface area (Å²) in [5.74, 6) is 3.17. The lowest BCUT2D eigenvalue weighted by molar-refractivity contribution is -0.0426. The average molecular weight is 254 g/mol. The highest BCUT2D eigenvalue weighted by molar-refractivity contribution is 4.78. The smallest absolute Gasteiger partial charge is 0.0600 e. The van der Waals surface area contributed by atoms with Gasteiger partial charge in [0.05, 0.1) is 6.10 Å². The molecule has 2 heteroatoms. The van der Waals surface area contributed by atoms with E-state index in [0.717, 1.165) is 37.6 Å². The van der Waals surface area contributed by atoms with Crippen molar-refractivity contribution in [1.29, 1.82) is 0 Å². The maximum atomic E-state index is 5.87. The van der Waals surface area contributed by atoms with E-state index in [2.05, 4.69) is 20.8 Å². The van der Waals surface area contributed by atoms with E-state index in [1.165, 1.54) is 32.1 Å². The molecule has 0 aliphatic carbocycles. The lowest BCUT2D eigenvalue weighted by atomic mass is 9.78. The Morgan fingerprint density at radius 1 is 1.11 bits per heavy atom. The van der Waals surface area contributed by atoms with E-state index in [1.807, 2.05) is 0 Å². The molecule has 2 rings (SSSR count). The predicted octanol–water partition coefficient (Wildman–Crippen LogP) is 3.89. The maximum absolute atomic E-state index is 5.87. The first kappa shape index (κ1) is 14.3. The minimum atomic E-state index is 0.499. The SMILES string of the molecule is CC(C)C1CC(CC(C)C2CCCOC2)CCO1. The molecule has 0 amide bonds. The van der Waals surface area contributed by atoms with E-state index in [0.29, 0.717) is 12.0 Å². The van der Waals surface area contributed by atoms with Crippen LogP contribution in [0.2, 0.25) is 0 Å². The van der Waals surface area contributed by atoms with Gasteiger partial charge in [-0.3, -0.25) is 0 Å². The zero-order valence-electron chi connectivity index (χ0n) is 12.4. The third kappa shape index (κ3) is 3.96. The normalized spacial score (nSPS) is 35.7. The summed E-state index contributed by atoms with van der Waals surface area (Å²) in [4.78, 5) is 0. The Balaban J connectivity index is 1.77. The molecule has 0 aromatic carbocycles. The predicted molar refractivity (Wildman–Crippen MR) is 74.6 cm³/mol. The van der Waals surface area contributed by atoms with Gasteiger partial charge >= 0.3 is 0 Å². The summed E-state index contributed by atoms with van der Waals surface area (Å²) in [5.41, 5.74) is 0. The third-order valence-corrected chi connectivity index (χ3v) is 4.87. The first-order chi connectivity index (χ1) is 8.66. The van der Waals surface area contributed by atoms with Gasteiger partial charge in [-0.25, -0.2) is 0 Å². The van der Waals surface area contributed by atoms with Crippen LogP contribution in [0.25, 0.3) is 0 Å². The molecule has 2 aliphatic heterocycles. The summed E-state index contributed by atoms with van der Waals surface area (Å²) in [6.45, 7) is 9.95. The summed E-state index contributed by atoms with van der Waals surface area (Å²) in [6.07, 6.45) is 7.05. The van der Waals surface area contributed by atoms with Crippen LogP contribution in [0.4, 0.5) is 0 Å². The molecular formula is C16H30O2. The summed E-state index contributed by atoms with van der Waals surface area (Å²) < 4.78 is 11.5. The van der Waals surface area contributed by atoms with Crippen molar-refractivity contribution in [1.82, 2.24) is 0 Å². The summed E-state index contributed by atoms with van der Waals surface area (Å²) in [5, 5.41) is 0. The van der Waals surface area contributed by atoms with Gasteiger partial charge in [0.1, 0.15) is 0 Å². The Hall–Kier alpha value is -0.0800. The Morgan fingerprint density at radius 3 is 2.61 bits per heavy atom. The Morgan fingerprint density at radius 2 is 1.94 bits per heavy atom. The van der Waals surface area contributed by atoms with E-state index in [9.17, 15) is 0 Å². The van der Waals surface area contributed by atoms with Crippen LogP contribution < -0.4 is 0 Å². The molecular weight excluding hydrogens is 224 g/mol. The second-order valence-corrected chi connectivity index (χ2v) is 6.73. The molecule has 4 atom stereocenters. The number of rotatable bonds is 4. The fourth-order valence-corrected chi connectivity index (χ4v) is 3.51. The van der Waals surface area contributed by atoms with Crippen molar-refractivity contribution >= 4 is 0 Å². The van der Waals surface area contributed by atoms with Gasteiger partial charge in [-0.05, 0) is 55.8 Å². The standard InChI is InChI=1S/C16H30O2/c1-12(2)16-10-14(6-8-18-16)9-13(3)15-5-4-7-17-11-15/h12-16H,4-11H2,1-3H3. The van der Waals surface area contributed by atoms with Crippen LogP contribution in [0.3, 0.4) is 0 Å². The summed E-state index contributed by atoms with van der Waals surface area (Å²) in [6, 6.07) is 0. The van der Waals surface area contributed by atoms with Crippen molar-refractivity contribution in [3.05, 3.63) is 0 Å². The molecule has 4 unspecified atom stereocenters. The van der Waals surface area contributed by atoms with Gasteiger partial charge in [-0.1, -0.05) is 20.8 Å². The minimum absolute atomic E-state index is 0.499. The van der Waals surface area contributed by atoms with Gasteiger partial charge in [-0.15, -0.1) is 0 Å². The third-order valence-electron chi connectivity index (χ3n) is 4.87. The molecule has 0 spiro atoms. The Bertz CT molecular complexity index is 233. The quantitative estimate of drug-likeness (QED) is 0.757. The number of hydrogen-bond donors (Lipinski definition) is 0. The van der Waals surface area contributed by atoms with Crippen LogP contribution in [0.15, 0.2) is 0 Å². The largest absolute Gasteiger partial charge is 0.381 e. The second kappa shape index (κ2) is 6.91. The van der Waals surface area contributed by atoms with Gasteiger partial charge < -0.3 is 9.47 Å². The molecule has 2 nitrogen and oxygen atoms in total. The van der Waals surface area contributed by atoms with E-state index in [-0.39, 0.29) is 0 Å². The fourth-order valence-electron chi connectivity index (χ4n) is 3.51. The molecule has 0 N–H and O–H groups in total. The molecule has 0 saturated carbocycles. The number of hydrogen-bond acceptors (Lipinski definition) is 2. The molecule has 18 heavy (non-hydrogen) atoms. The fraction of sp³-hybridized carbons (Fsp3) is 1.00. The van der Waals surface area contributed by atoms with E-state index >= 15 is 0 Å². The average Bonchev–Trinajstić information content (AvgIpc) is 2.40. The van der Waals surface area contributed by atoms with Crippen LogP contribution in [-0.4, -0.2) is 25.9 Å². The molecule has 106 valence electrons. The molecule has 2 aliphatic rings. The topological polar surface area (TPSA) is 18.5 Å². The molecule has 0 radical (unpaired) electrons. The van der Waals surface area contributed by atoms with Crippen LogP contribution in [0, 0.1) is 23.7 Å². The molecule has 0 aromatic heterocycles. The van der Waals surface area contributed by atoms with Crippen molar-refractivity contribution in [2.24, 2.45) is 23.7 Å².